The molecule has 0 unspecified atom stereocenters. The Balaban J connectivity index is 1.68. The molecule has 0 saturated carbocycles. The molecule has 0 radical (unpaired) electrons. The average molecular weight is 737 g/mol. The average Bonchev–Trinajstić information content (AvgIpc) is 3.49. The van der Waals surface area contributed by atoms with Crippen molar-refractivity contribution < 1.29 is 18.7 Å². The third kappa shape index (κ3) is 5.37. The summed E-state index contributed by atoms with van der Waals surface area (Å²) < 4.78 is 21.6. The first-order valence-corrected chi connectivity index (χ1v) is 15.0. The smallest absolute Gasteiger partial charge is 0.338 e. The fourth-order valence-electron chi connectivity index (χ4n) is 4.40. The van der Waals surface area contributed by atoms with E-state index in [1.807, 2.05) is 42.5 Å². The van der Waals surface area contributed by atoms with E-state index >= 15 is 0 Å². The maximum Gasteiger partial charge on any atom is 0.338 e. The quantitative estimate of drug-likeness (QED) is 0.216. The molecular formula is C28H21Br3N2O5S. The first-order chi connectivity index (χ1) is 18.7. The zero-order chi connectivity index (χ0) is 27.8. The number of nitrogens with zero attached hydrogens (tertiary/aromatic N) is 2. The number of methoxy groups -OCH3 is 1. The number of furan rings is 1. The van der Waals surface area contributed by atoms with E-state index < -0.39 is 12.0 Å². The van der Waals surface area contributed by atoms with E-state index in [0.717, 1.165) is 19.0 Å². The van der Waals surface area contributed by atoms with Crippen LogP contribution in [0.1, 0.15) is 31.2 Å². The van der Waals surface area contributed by atoms with Crippen LogP contribution >= 0.6 is 59.1 Å². The molecule has 0 spiro atoms. The van der Waals surface area contributed by atoms with Gasteiger partial charge in [0.1, 0.15) is 23.3 Å². The van der Waals surface area contributed by atoms with Crippen LogP contribution in [0.4, 0.5) is 0 Å². The third-order valence-corrected chi connectivity index (χ3v) is 8.76. The summed E-state index contributed by atoms with van der Waals surface area (Å²) in [7, 11) is 1.55. The lowest BCUT2D eigenvalue weighted by Gasteiger charge is -2.26. The Hall–Kier alpha value is -2.73. The number of thiazole rings is 1. The molecule has 7 nitrogen and oxygen atoms in total. The van der Waals surface area contributed by atoms with Crippen molar-refractivity contribution in [1.82, 2.24) is 4.57 Å². The minimum absolute atomic E-state index is 0.192. The monoisotopic (exact) mass is 734 g/mol. The van der Waals surface area contributed by atoms with E-state index in [1.165, 1.54) is 15.9 Å². The molecular weight excluding hydrogens is 716 g/mol. The van der Waals surface area contributed by atoms with Crippen LogP contribution in [0.2, 0.25) is 0 Å². The highest BCUT2D eigenvalue weighted by atomic mass is 79.9. The molecule has 200 valence electrons. The van der Waals surface area contributed by atoms with E-state index in [-0.39, 0.29) is 17.7 Å². The largest absolute Gasteiger partial charge is 0.496 e. The number of esters is 1. The van der Waals surface area contributed by atoms with E-state index in [9.17, 15) is 9.59 Å². The zero-order valence-corrected chi connectivity index (χ0v) is 26.5. The van der Waals surface area contributed by atoms with E-state index in [1.54, 1.807) is 33.1 Å². The highest BCUT2D eigenvalue weighted by molar-refractivity contribution is 9.11. The van der Waals surface area contributed by atoms with Crippen molar-refractivity contribution in [3.63, 3.8) is 0 Å². The van der Waals surface area contributed by atoms with Gasteiger partial charge in [0, 0.05) is 30.6 Å². The van der Waals surface area contributed by atoms with Gasteiger partial charge in [-0.3, -0.25) is 9.36 Å². The normalized spacial score (nSPS) is 15.2. The van der Waals surface area contributed by atoms with Gasteiger partial charge in [-0.1, -0.05) is 59.1 Å². The summed E-state index contributed by atoms with van der Waals surface area (Å²) in [6, 6.07) is 14.2. The summed E-state index contributed by atoms with van der Waals surface area (Å²) in [5.74, 6) is 1.17. The predicted molar refractivity (Wildman–Crippen MR) is 161 cm³/mol. The molecule has 0 saturated heterocycles. The minimum atomic E-state index is -0.792. The standard InChI is InChI=1S/C28H21Br3N2O5S/c1-4-37-27(35)24-14(2)32-28-33(25(24)19-12-16(30)6-9-21(19)36-3)26(34)23(39-28)13-17-7-10-22(38-17)18-11-15(29)5-8-20(18)31/h5-13,25H,4H2,1-3H3/b23-13-/t25-/m0/s1. The van der Waals surface area contributed by atoms with Gasteiger partial charge in [0.2, 0.25) is 0 Å². The van der Waals surface area contributed by atoms with Crippen LogP contribution in [0.3, 0.4) is 0 Å². The molecule has 2 aromatic heterocycles. The third-order valence-electron chi connectivity index (χ3n) is 6.10. The second kappa shape index (κ2) is 11.4. The number of benzene rings is 2. The summed E-state index contributed by atoms with van der Waals surface area (Å²) in [5, 5.41) is 0. The number of carbonyl (C=O) groups excluding carboxylic acids is 1. The SMILES string of the molecule is CCOC(=O)C1=C(C)N=c2s/c(=C\c3ccc(-c4cc(Br)ccc4Br)o3)c(=O)n2[C@H]1c1cc(Br)ccc1OC. The molecule has 5 rings (SSSR count). The van der Waals surface area contributed by atoms with Gasteiger partial charge in [0.05, 0.1) is 29.5 Å². The number of aromatic nitrogens is 1. The van der Waals surface area contributed by atoms with Crippen LogP contribution in [0.5, 0.6) is 5.75 Å². The van der Waals surface area contributed by atoms with E-state index in [4.69, 9.17) is 13.9 Å². The zero-order valence-electron chi connectivity index (χ0n) is 21.0. The lowest BCUT2D eigenvalue weighted by atomic mass is 9.95. The Bertz CT molecular complexity index is 1820. The van der Waals surface area contributed by atoms with Gasteiger partial charge < -0.3 is 13.9 Å². The molecule has 0 aliphatic carbocycles. The van der Waals surface area contributed by atoms with Crippen LogP contribution < -0.4 is 19.6 Å². The van der Waals surface area contributed by atoms with Crippen LogP contribution in [0, 0.1) is 0 Å². The summed E-state index contributed by atoms with van der Waals surface area (Å²) >= 11 is 11.8. The summed E-state index contributed by atoms with van der Waals surface area (Å²) in [5.41, 5.74) is 1.97. The number of hydrogen-bond donors (Lipinski definition) is 0. The molecule has 0 fully saturated rings. The topological polar surface area (TPSA) is 83.0 Å². The number of ether oxygens (including phenoxy) is 2. The van der Waals surface area contributed by atoms with Crippen molar-refractivity contribution in [2.24, 2.45) is 4.99 Å². The molecule has 39 heavy (non-hydrogen) atoms. The Morgan fingerprint density at radius 1 is 1.13 bits per heavy atom. The Morgan fingerprint density at radius 3 is 2.62 bits per heavy atom. The second-order valence-electron chi connectivity index (χ2n) is 8.51. The lowest BCUT2D eigenvalue weighted by Crippen LogP contribution is -2.40. The molecule has 0 amide bonds. The van der Waals surface area contributed by atoms with Crippen molar-refractivity contribution in [1.29, 1.82) is 0 Å². The first kappa shape index (κ1) is 27.8. The Labute approximate surface area is 252 Å². The van der Waals surface area contributed by atoms with Crippen LogP contribution in [0.15, 0.2) is 87.4 Å². The number of halogens is 3. The highest BCUT2D eigenvalue weighted by Gasteiger charge is 2.35. The minimum Gasteiger partial charge on any atom is -0.496 e. The van der Waals surface area contributed by atoms with Gasteiger partial charge in [-0.05, 0) is 62.4 Å². The van der Waals surface area contributed by atoms with Gasteiger partial charge in [0.25, 0.3) is 5.56 Å². The van der Waals surface area contributed by atoms with Gasteiger partial charge in [-0.25, -0.2) is 9.79 Å². The van der Waals surface area contributed by atoms with Gasteiger partial charge in [-0.15, -0.1) is 0 Å². The first-order valence-electron chi connectivity index (χ1n) is 11.8. The Morgan fingerprint density at radius 2 is 1.87 bits per heavy atom. The molecule has 3 heterocycles. The van der Waals surface area contributed by atoms with Gasteiger partial charge in [-0.2, -0.15) is 0 Å². The van der Waals surface area contributed by atoms with Crippen molar-refractivity contribution >= 4 is 71.2 Å². The number of allylic oxidation sites excluding steroid dienone is 1. The molecule has 11 heteroatoms. The molecule has 1 aliphatic rings. The van der Waals surface area contributed by atoms with Crippen LogP contribution in [-0.4, -0.2) is 24.3 Å². The summed E-state index contributed by atoms with van der Waals surface area (Å²) in [4.78, 5) is 32.1. The predicted octanol–water partition coefficient (Wildman–Crippen LogP) is 6.35. The molecule has 4 aromatic rings. The fourth-order valence-corrected chi connectivity index (χ4v) is 6.60. The summed E-state index contributed by atoms with van der Waals surface area (Å²) in [6.07, 6.45) is 1.69. The molecule has 2 aromatic carbocycles. The van der Waals surface area contributed by atoms with Crippen molar-refractivity contribution in [3.05, 3.63) is 104 Å². The molecule has 1 aliphatic heterocycles. The number of rotatable bonds is 6. The highest BCUT2D eigenvalue weighted by Crippen LogP contribution is 2.37. The second-order valence-corrected chi connectivity index (χ2v) is 12.2. The van der Waals surface area contributed by atoms with E-state index in [0.29, 0.717) is 37.9 Å². The maximum atomic E-state index is 13.9. The van der Waals surface area contributed by atoms with Crippen LogP contribution in [-0.2, 0) is 9.53 Å². The summed E-state index contributed by atoms with van der Waals surface area (Å²) in [6.45, 7) is 3.68. The fraction of sp³-hybridized carbons (Fsp3) is 0.179. The van der Waals surface area contributed by atoms with Crippen LogP contribution in [0.25, 0.3) is 17.4 Å². The van der Waals surface area contributed by atoms with Crippen molar-refractivity contribution in [3.8, 4) is 17.1 Å². The number of carbonyl (C=O) groups is 1. The molecule has 0 N–H and O–H groups in total. The lowest BCUT2D eigenvalue weighted by molar-refractivity contribution is -0.139. The van der Waals surface area contributed by atoms with Crippen molar-refractivity contribution in [2.45, 2.75) is 19.9 Å². The van der Waals surface area contributed by atoms with E-state index in [2.05, 4.69) is 52.8 Å². The Kier molecular flexibility index (Phi) is 8.14. The maximum absolute atomic E-state index is 13.9. The molecule has 0 bridgehead atoms. The number of fused-ring (bicyclic) bond motifs is 1. The van der Waals surface area contributed by atoms with Crippen molar-refractivity contribution in [2.75, 3.05) is 13.7 Å². The van der Waals surface area contributed by atoms with Gasteiger partial charge >= 0.3 is 5.97 Å². The number of hydrogen-bond acceptors (Lipinski definition) is 7. The molecule has 1 atom stereocenters. The van der Waals surface area contributed by atoms with Gasteiger partial charge in [0.15, 0.2) is 4.80 Å².